The molecule has 0 bridgehead atoms. The molecule has 1 heterocycles. The van der Waals surface area contributed by atoms with Crippen LogP contribution in [0.1, 0.15) is 0 Å². The summed E-state index contributed by atoms with van der Waals surface area (Å²) in [6.07, 6.45) is 0. The van der Waals surface area contributed by atoms with E-state index in [1.807, 2.05) is 6.07 Å². The van der Waals surface area contributed by atoms with Crippen molar-refractivity contribution in [2.75, 3.05) is 0 Å². The van der Waals surface area contributed by atoms with Gasteiger partial charge in [0.1, 0.15) is 0 Å². The first-order chi connectivity index (χ1) is 5.68. The van der Waals surface area contributed by atoms with Crippen LogP contribution in [0.2, 0.25) is 0 Å². The van der Waals surface area contributed by atoms with E-state index in [0.29, 0.717) is 11.0 Å². The Kier molecular flexibility index (Phi) is 1.58. The van der Waals surface area contributed by atoms with Crippen LogP contribution in [0.4, 0.5) is 0 Å². The molecule has 2 rings (SSSR count). The summed E-state index contributed by atoms with van der Waals surface area (Å²) in [6, 6.07) is 5.35. The van der Waals surface area contributed by atoms with Gasteiger partial charge in [-0.05, 0) is 18.2 Å². The van der Waals surface area contributed by atoms with Gasteiger partial charge in [0.05, 0.1) is 5.39 Å². The quantitative estimate of drug-likeness (QED) is 0.690. The molecule has 0 fully saturated rings. The van der Waals surface area contributed by atoms with Crippen molar-refractivity contribution in [2.24, 2.45) is 7.05 Å². The van der Waals surface area contributed by atoms with Crippen LogP contribution < -0.4 is 5.56 Å². The molecular weight excluding hydrogens is 222 g/mol. The van der Waals surface area contributed by atoms with Gasteiger partial charge in [-0.1, -0.05) is 15.9 Å². The average molecular weight is 228 g/mol. The lowest BCUT2D eigenvalue weighted by Gasteiger charge is -1.85. The third-order valence-corrected chi connectivity index (χ3v) is 2.19. The maximum Gasteiger partial charge on any atom is 0.290 e. The molecule has 3 nitrogen and oxygen atoms in total. The van der Waals surface area contributed by atoms with Gasteiger partial charge in [0.2, 0.25) is 0 Å². The molecule has 12 heavy (non-hydrogen) atoms. The van der Waals surface area contributed by atoms with E-state index in [2.05, 4.69) is 15.9 Å². The molecule has 2 aromatic rings. The van der Waals surface area contributed by atoms with Gasteiger partial charge >= 0.3 is 0 Å². The molecule has 0 radical (unpaired) electrons. The molecule has 4 heteroatoms. The molecule has 0 amide bonds. The minimum Gasteiger partial charge on any atom is -0.376 e. The minimum absolute atomic E-state index is 0.105. The number of aryl methyl sites for hydroxylation is 1. The summed E-state index contributed by atoms with van der Waals surface area (Å²) in [7, 11) is 1.59. The predicted octanol–water partition coefficient (Wildman–Crippen LogP) is 1.89. The molecular formula is C8H6BrNO2. The molecule has 0 spiro atoms. The molecule has 0 atom stereocenters. The van der Waals surface area contributed by atoms with Crippen molar-refractivity contribution in [1.29, 1.82) is 0 Å². The molecule has 0 aliphatic rings. The van der Waals surface area contributed by atoms with Crippen molar-refractivity contribution >= 4 is 26.9 Å². The van der Waals surface area contributed by atoms with Crippen LogP contribution in [0.3, 0.4) is 0 Å². The van der Waals surface area contributed by atoms with E-state index < -0.39 is 0 Å². The van der Waals surface area contributed by atoms with E-state index in [-0.39, 0.29) is 5.56 Å². The lowest BCUT2D eigenvalue weighted by atomic mass is 10.3. The van der Waals surface area contributed by atoms with E-state index in [0.717, 1.165) is 4.47 Å². The maximum absolute atomic E-state index is 11.3. The second-order valence-corrected chi connectivity index (χ2v) is 3.45. The summed E-state index contributed by atoms with van der Waals surface area (Å²) in [4.78, 5) is 11.3. The van der Waals surface area contributed by atoms with Crippen LogP contribution in [-0.2, 0) is 7.05 Å². The first-order valence-electron chi connectivity index (χ1n) is 3.44. The van der Waals surface area contributed by atoms with Gasteiger partial charge in [-0.25, -0.2) is 0 Å². The topological polar surface area (TPSA) is 35.1 Å². The lowest BCUT2D eigenvalue weighted by molar-refractivity contribution is 0.324. The Morgan fingerprint density at radius 2 is 2.25 bits per heavy atom. The smallest absolute Gasteiger partial charge is 0.290 e. The number of aromatic nitrogens is 1. The second kappa shape index (κ2) is 2.48. The number of nitrogens with zero attached hydrogens (tertiary/aromatic N) is 1. The van der Waals surface area contributed by atoms with E-state index >= 15 is 0 Å². The summed E-state index contributed by atoms with van der Waals surface area (Å²) in [5.41, 5.74) is 0.511. The fourth-order valence-corrected chi connectivity index (χ4v) is 1.47. The highest BCUT2D eigenvalue weighted by atomic mass is 79.9. The summed E-state index contributed by atoms with van der Waals surface area (Å²) < 4.78 is 7.24. The van der Waals surface area contributed by atoms with Crippen molar-refractivity contribution < 1.29 is 4.52 Å². The van der Waals surface area contributed by atoms with E-state index in [9.17, 15) is 4.79 Å². The normalized spacial score (nSPS) is 10.8. The minimum atomic E-state index is -0.105. The largest absolute Gasteiger partial charge is 0.376 e. The van der Waals surface area contributed by atoms with Crippen molar-refractivity contribution in [1.82, 2.24) is 4.74 Å². The highest BCUT2D eigenvalue weighted by Crippen LogP contribution is 2.16. The van der Waals surface area contributed by atoms with Crippen molar-refractivity contribution in [3.8, 4) is 0 Å². The van der Waals surface area contributed by atoms with E-state index in [1.165, 1.54) is 4.74 Å². The molecule has 62 valence electrons. The van der Waals surface area contributed by atoms with Gasteiger partial charge in [0, 0.05) is 11.5 Å². The molecule has 0 saturated carbocycles. The van der Waals surface area contributed by atoms with Crippen LogP contribution >= 0.6 is 15.9 Å². The number of hydrogen-bond donors (Lipinski definition) is 0. The van der Waals surface area contributed by atoms with Crippen LogP contribution in [0.25, 0.3) is 11.0 Å². The van der Waals surface area contributed by atoms with E-state index in [4.69, 9.17) is 4.52 Å². The Hall–Kier alpha value is -1.03. The SMILES string of the molecule is Cn1oc2ccc(Br)cc2c1=O. The third-order valence-electron chi connectivity index (χ3n) is 1.69. The number of halogens is 1. The van der Waals surface area contributed by atoms with Gasteiger partial charge in [0.15, 0.2) is 5.58 Å². The number of fused-ring (bicyclic) bond motifs is 1. The second-order valence-electron chi connectivity index (χ2n) is 2.53. The molecule has 0 saturated heterocycles. The summed E-state index contributed by atoms with van der Waals surface area (Å²) in [6.45, 7) is 0. The lowest BCUT2D eigenvalue weighted by Crippen LogP contribution is -2.08. The highest BCUT2D eigenvalue weighted by Gasteiger charge is 2.05. The molecule has 1 aromatic heterocycles. The molecule has 1 aromatic carbocycles. The molecule has 0 aliphatic heterocycles. The van der Waals surface area contributed by atoms with Gasteiger partial charge in [-0.3, -0.25) is 4.79 Å². The van der Waals surface area contributed by atoms with Gasteiger partial charge in [0.25, 0.3) is 5.56 Å². The van der Waals surface area contributed by atoms with Crippen molar-refractivity contribution in [2.45, 2.75) is 0 Å². The molecule has 0 N–H and O–H groups in total. The number of hydrogen-bond acceptors (Lipinski definition) is 2. The van der Waals surface area contributed by atoms with E-state index in [1.54, 1.807) is 19.2 Å². The van der Waals surface area contributed by atoms with Crippen molar-refractivity contribution in [3.63, 3.8) is 0 Å². The van der Waals surface area contributed by atoms with Gasteiger partial charge in [-0.15, -0.1) is 0 Å². The first kappa shape index (κ1) is 7.61. The fraction of sp³-hybridized carbons (Fsp3) is 0.125. The van der Waals surface area contributed by atoms with Crippen LogP contribution in [0.15, 0.2) is 32.0 Å². The zero-order valence-electron chi connectivity index (χ0n) is 6.37. The number of benzene rings is 1. The van der Waals surface area contributed by atoms with Gasteiger partial charge < -0.3 is 4.52 Å². The van der Waals surface area contributed by atoms with Crippen molar-refractivity contribution in [3.05, 3.63) is 33.0 Å². The fourth-order valence-electron chi connectivity index (χ4n) is 1.11. The standard InChI is InChI=1S/C8H6BrNO2/c1-10-8(11)6-4-5(9)2-3-7(6)12-10/h2-4H,1H3. The monoisotopic (exact) mass is 227 g/mol. The van der Waals surface area contributed by atoms with Gasteiger partial charge in [-0.2, -0.15) is 4.74 Å². The molecule has 0 aliphatic carbocycles. The third kappa shape index (κ3) is 0.992. The van der Waals surface area contributed by atoms with Crippen LogP contribution in [-0.4, -0.2) is 4.74 Å². The zero-order chi connectivity index (χ0) is 8.72. The Morgan fingerprint density at radius 3 is 3.00 bits per heavy atom. The Bertz CT molecular complexity index is 483. The highest BCUT2D eigenvalue weighted by molar-refractivity contribution is 9.10. The Morgan fingerprint density at radius 1 is 1.50 bits per heavy atom. The van der Waals surface area contributed by atoms with Crippen LogP contribution in [0, 0.1) is 0 Å². The molecule has 0 unspecified atom stereocenters. The Balaban J connectivity index is 2.98. The summed E-state index contributed by atoms with van der Waals surface area (Å²) in [5, 5.41) is 0.604. The zero-order valence-corrected chi connectivity index (χ0v) is 7.96. The summed E-state index contributed by atoms with van der Waals surface area (Å²) >= 11 is 3.29. The Labute approximate surface area is 76.7 Å². The first-order valence-corrected chi connectivity index (χ1v) is 4.23. The average Bonchev–Trinajstić information content (AvgIpc) is 2.31. The summed E-state index contributed by atoms with van der Waals surface area (Å²) in [5.74, 6) is 0. The maximum atomic E-state index is 11.3. The number of rotatable bonds is 0. The van der Waals surface area contributed by atoms with Crippen LogP contribution in [0.5, 0.6) is 0 Å². The predicted molar refractivity (Wildman–Crippen MR) is 49.2 cm³/mol.